The van der Waals surface area contributed by atoms with Gasteiger partial charge < -0.3 is 9.88 Å². The van der Waals surface area contributed by atoms with Gasteiger partial charge in [-0.05, 0) is 62.8 Å². The van der Waals surface area contributed by atoms with Crippen LogP contribution in [0.5, 0.6) is 0 Å². The van der Waals surface area contributed by atoms with Gasteiger partial charge in [-0.15, -0.1) is 10.2 Å². The van der Waals surface area contributed by atoms with E-state index in [1.54, 1.807) is 6.33 Å². The molecule has 0 spiro atoms. The maximum atomic E-state index is 13.0. The van der Waals surface area contributed by atoms with Crippen LogP contribution in [0.4, 0.5) is 0 Å². The molecule has 0 unspecified atom stereocenters. The van der Waals surface area contributed by atoms with Crippen LogP contribution in [0.3, 0.4) is 0 Å². The number of hydrogen-bond acceptors (Lipinski definition) is 4. The molecule has 1 N–H and O–H groups in total. The first-order chi connectivity index (χ1) is 14.7. The molecule has 0 atom stereocenters. The SMILES string of the molecule is O=C(NCCc1nncn1C1CC1)c1nn(-c2ccc(Cl)cc2)c2c1CCCCC2. The first-order valence-corrected chi connectivity index (χ1v) is 11.1. The highest BCUT2D eigenvalue weighted by Crippen LogP contribution is 2.35. The average molecular weight is 425 g/mol. The summed E-state index contributed by atoms with van der Waals surface area (Å²) in [4.78, 5) is 13.0. The summed E-state index contributed by atoms with van der Waals surface area (Å²) in [5, 5.41) is 16.7. The van der Waals surface area contributed by atoms with E-state index in [1.807, 2.05) is 28.9 Å². The van der Waals surface area contributed by atoms with Crippen LogP contribution in [0.15, 0.2) is 30.6 Å². The zero-order chi connectivity index (χ0) is 20.5. The number of aromatic nitrogens is 5. The molecule has 1 aromatic carbocycles. The number of halogens is 1. The lowest BCUT2D eigenvalue weighted by atomic mass is 10.1. The highest BCUT2D eigenvalue weighted by Gasteiger charge is 2.27. The zero-order valence-corrected chi connectivity index (χ0v) is 17.6. The first-order valence-electron chi connectivity index (χ1n) is 10.7. The van der Waals surface area contributed by atoms with E-state index in [1.165, 1.54) is 19.3 Å². The minimum atomic E-state index is -0.113. The van der Waals surface area contributed by atoms with Crippen LogP contribution in [0, 0.1) is 0 Å². The van der Waals surface area contributed by atoms with Gasteiger partial charge in [0.15, 0.2) is 5.69 Å². The molecular formula is C22H25ClN6O. The number of fused-ring (bicyclic) bond motifs is 1. The largest absolute Gasteiger partial charge is 0.350 e. The third-order valence-corrected chi connectivity index (χ3v) is 6.19. The second kappa shape index (κ2) is 8.22. The topological polar surface area (TPSA) is 77.6 Å². The van der Waals surface area contributed by atoms with Gasteiger partial charge in [0.1, 0.15) is 12.2 Å². The third kappa shape index (κ3) is 3.86. The number of nitrogens with one attached hydrogen (secondary N) is 1. The molecule has 1 fully saturated rings. The number of hydrogen-bond donors (Lipinski definition) is 1. The van der Waals surface area contributed by atoms with Crippen molar-refractivity contribution in [2.75, 3.05) is 6.54 Å². The molecule has 30 heavy (non-hydrogen) atoms. The molecule has 0 aliphatic heterocycles. The lowest BCUT2D eigenvalue weighted by Gasteiger charge is -2.07. The normalized spacial score (nSPS) is 16.2. The van der Waals surface area contributed by atoms with E-state index in [-0.39, 0.29) is 5.91 Å². The van der Waals surface area contributed by atoms with Crippen LogP contribution in [0.25, 0.3) is 5.69 Å². The molecule has 1 saturated carbocycles. The lowest BCUT2D eigenvalue weighted by molar-refractivity contribution is 0.0947. The molecule has 8 heteroatoms. The second-order valence-corrected chi connectivity index (χ2v) is 8.55. The predicted molar refractivity (Wildman–Crippen MR) is 114 cm³/mol. The molecule has 2 aromatic heterocycles. The molecule has 3 aromatic rings. The van der Waals surface area contributed by atoms with Crippen molar-refractivity contribution in [1.29, 1.82) is 0 Å². The average Bonchev–Trinajstić information content (AvgIpc) is 3.45. The van der Waals surface area contributed by atoms with E-state index in [4.69, 9.17) is 16.7 Å². The zero-order valence-electron chi connectivity index (χ0n) is 16.9. The van der Waals surface area contributed by atoms with Gasteiger partial charge in [0, 0.05) is 35.3 Å². The summed E-state index contributed by atoms with van der Waals surface area (Å²) in [6, 6.07) is 8.16. The molecule has 156 valence electrons. The Bertz CT molecular complexity index is 1050. The third-order valence-electron chi connectivity index (χ3n) is 5.94. The second-order valence-electron chi connectivity index (χ2n) is 8.11. The summed E-state index contributed by atoms with van der Waals surface area (Å²) < 4.78 is 4.06. The van der Waals surface area contributed by atoms with Crippen molar-refractivity contribution >= 4 is 17.5 Å². The standard InChI is InChI=1S/C22H25ClN6O/c23-15-6-8-17(9-7-15)29-19-5-3-1-2-4-18(19)21(27-29)22(30)24-13-12-20-26-25-14-28(20)16-10-11-16/h6-9,14,16H,1-5,10-13H2,(H,24,30). The Morgan fingerprint density at radius 1 is 1.13 bits per heavy atom. The fourth-order valence-corrected chi connectivity index (χ4v) is 4.35. The highest BCUT2D eigenvalue weighted by molar-refractivity contribution is 6.30. The Labute approximate surface area is 180 Å². The van der Waals surface area contributed by atoms with E-state index >= 15 is 0 Å². The van der Waals surface area contributed by atoms with Crippen molar-refractivity contribution < 1.29 is 4.79 Å². The smallest absolute Gasteiger partial charge is 0.272 e. The van der Waals surface area contributed by atoms with E-state index in [0.29, 0.717) is 29.7 Å². The number of amides is 1. The van der Waals surface area contributed by atoms with E-state index in [9.17, 15) is 4.79 Å². The molecule has 5 rings (SSSR count). The first kappa shape index (κ1) is 19.3. The van der Waals surface area contributed by atoms with Crippen molar-refractivity contribution in [2.24, 2.45) is 0 Å². The van der Waals surface area contributed by atoms with Gasteiger partial charge in [-0.1, -0.05) is 18.0 Å². The van der Waals surface area contributed by atoms with Gasteiger partial charge in [-0.2, -0.15) is 5.10 Å². The van der Waals surface area contributed by atoms with E-state index < -0.39 is 0 Å². The van der Waals surface area contributed by atoms with Crippen LogP contribution in [0.1, 0.15) is 65.7 Å². The van der Waals surface area contributed by atoms with Crippen molar-refractivity contribution in [2.45, 2.75) is 57.4 Å². The van der Waals surface area contributed by atoms with Crippen molar-refractivity contribution in [3.63, 3.8) is 0 Å². The van der Waals surface area contributed by atoms with Crippen molar-refractivity contribution in [3.05, 3.63) is 58.4 Å². The van der Waals surface area contributed by atoms with Gasteiger partial charge in [0.2, 0.25) is 0 Å². The Hall–Kier alpha value is -2.67. The summed E-state index contributed by atoms with van der Waals surface area (Å²) in [6.07, 6.45) is 10.0. The van der Waals surface area contributed by atoms with Crippen LogP contribution >= 0.6 is 11.6 Å². The number of rotatable bonds is 6. The summed E-state index contributed by atoms with van der Waals surface area (Å²) in [7, 11) is 0. The minimum absolute atomic E-state index is 0.113. The van der Waals surface area contributed by atoms with Gasteiger partial charge in [0.05, 0.1) is 5.69 Å². The summed E-state index contributed by atoms with van der Waals surface area (Å²) >= 11 is 6.05. The Morgan fingerprint density at radius 2 is 1.93 bits per heavy atom. The molecule has 2 aliphatic rings. The molecular weight excluding hydrogens is 400 g/mol. The van der Waals surface area contributed by atoms with Gasteiger partial charge in [-0.25, -0.2) is 4.68 Å². The van der Waals surface area contributed by atoms with Crippen molar-refractivity contribution in [1.82, 2.24) is 29.9 Å². The quantitative estimate of drug-likeness (QED) is 0.612. The predicted octanol–water partition coefficient (Wildman–Crippen LogP) is 3.69. The molecule has 0 radical (unpaired) electrons. The maximum absolute atomic E-state index is 13.0. The van der Waals surface area contributed by atoms with E-state index in [2.05, 4.69) is 20.1 Å². The fraction of sp³-hybridized carbons (Fsp3) is 0.455. The number of carbonyl (C=O) groups is 1. The number of benzene rings is 1. The number of nitrogens with zero attached hydrogens (tertiary/aromatic N) is 5. The van der Waals surface area contributed by atoms with Gasteiger partial charge in [-0.3, -0.25) is 4.79 Å². The van der Waals surface area contributed by atoms with Crippen LogP contribution in [-0.4, -0.2) is 37.0 Å². The number of carbonyl (C=O) groups excluding carboxylic acids is 1. The monoisotopic (exact) mass is 424 g/mol. The lowest BCUT2D eigenvalue weighted by Crippen LogP contribution is -2.27. The summed E-state index contributed by atoms with van der Waals surface area (Å²) in [5.41, 5.74) is 3.72. The molecule has 2 aliphatic carbocycles. The van der Waals surface area contributed by atoms with Crippen LogP contribution < -0.4 is 5.32 Å². The summed E-state index contributed by atoms with van der Waals surface area (Å²) in [6.45, 7) is 0.521. The van der Waals surface area contributed by atoms with E-state index in [0.717, 1.165) is 48.5 Å². The fourth-order valence-electron chi connectivity index (χ4n) is 4.23. The van der Waals surface area contributed by atoms with Crippen LogP contribution in [0.2, 0.25) is 5.02 Å². The molecule has 7 nitrogen and oxygen atoms in total. The highest BCUT2D eigenvalue weighted by atomic mass is 35.5. The van der Waals surface area contributed by atoms with Crippen molar-refractivity contribution in [3.8, 4) is 5.69 Å². The Morgan fingerprint density at radius 3 is 2.73 bits per heavy atom. The molecule has 2 heterocycles. The Kier molecular flexibility index (Phi) is 5.29. The molecule has 1 amide bonds. The van der Waals surface area contributed by atoms with Gasteiger partial charge >= 0.3 is 0 Å². The maximum Gasteiger partial charge on any atom is 0.272 e. The molecule has 0 saturated heterocycles. The Balaban J connectivity index is 1.35. The van der Waals surface area contributed by atoms with Gasteiger partial charge in [0.25, 0.3) is 5.91 Å². The summed E-state index contributed by atoms with van der Waals surface area (Å²) in [5.74, 6) is 0.821. The minimum Gasteiger partial charge on any atom is -0.350 e. The molecule has 0 bridgehead atoms. The van der Waals surface area contributed by atoms with Crippen LogP contribution in [-0.2, 0) is 19.3 Å².